The Hall–Kier alpha value is -1.94. The van der Waals surface area contributed by atoms with Crippen LogP contribution in [0.1, 0.15) is 12.5 Å². The predicted molar refractivity (Wildman–Crippen MR) is 94.7 cm³/mol. The van der Waals surface area contributed by atoms with E-state index in [0.29, 0.717) is 0 Å². The number of hydrogen-bond donors (Lipinski definition) is 0. The van der Waals surface area contributed by atoms with E-state index in [1.54, 1.807) is 0 Å². The normalized spacial score (nSPS) is 14.9. The maximum absolute atomic E-state index is 4.53. The van der Waals surface area contributed by atoms with Crippen LogP contribution < -0.4 is 0 Å². The van der Waals surface area contributed by atoms with Crippen molar-refractivity contribution < 1.29 is 0 Å². The van der Waals surface area contributed by atoms with E-state index in [0.717, 1.165) is 17.5 Å². The molecule has 0 amide bonds. The average Bonchev–Trinajstić information content (AvgIpc) is 2.91. The number of rotatable bonds is 4. The van der Waals surface area contributed by atoms with Crippen LogP contribution in [0.25, 0.3) is 11.0 Å². The molecule has 1 heterocycles. The van der Waals surface area contributed by atoms with Crippen LogP contribution in [0.5, 0.6) is 0 Å². The number of benzene rings is 2. The van der Waals surface area contributed by atoms with Gasteiger partial charge in [0.25, 0.3) is 0 Å². The molecular formula is C18H23N3Si. The summed E-state index contributed by atoms with van der Waals surface area (Å²) in [5, 5.41) is 8.88. The minimum atomic E-state index is -1.55. The van der Waals surface area contributed by atoms with Crippen LogP contribution in [-0.4, -0.2) is 23.1 Å². The molecule has 0 N–H and O–H groups in total. The summed E-state index contributed by atoms with van der Waals surface area (Å²) in [4.78, 5) is 0. The maximum Gasteiger partial charge on any atom is 0.113 e. The van der Waals surface area contributed by atoms with Crippen molar-refractivity contribution in [3.05, 3.63) is 60.2 Å². The van der Waals surface area contributed by atoms with E-state index in [1.165, 1.54) is 5.56 Å². The first-order chi connectivity index (χ1) is 10.4. The first kappa shape index (κ1) is 15.0. The molecule has 3 rings (SSSR count). The number of para-hydroxylation sites is 1. The lowest BCUT2D eigenvalue weighted by atomic mass is 10.1. The Morgan fingerprint density at radius 1 is 0.955 bits per heavy atom. The van der Waals surface area contributed by atoms with Gasteiger partial charge >= 0.3 is 0 Å². The van der Waals surface area contributed by atoms with Crippen LogP contribution in [0, 0.1) is 0 Å². The fraction of sp³-hybridized carbons (Fsp3) is 0.333. The van der Waals surface area contributed by atoms with Gasteiger partial charge in [0.1, 0.15) is 5.52 Å². The Morgan fingerprint density at radius 2 is 1.59 bits per heavy atom. The lowest BCUT2D eigenvalue weighted by Crippen LogP contribution is -2.53. The van der Waals surface area contributed by atoms with Crippen LogP contribution in [-0.2, 0) is 11.6 Å². The summed E-state index contributed by atoms with van der Waals surface area (Å²) in [6.07, 6.45) is 0.983. The summed E-state index contributed by atoms with van der Waals surface area (Å²) in [6.45, 7) is 9.57. The Balaban J connectivity index is 2.14. The molecule has 0 aliphatic heterocycles. The molecular weight excluding hydrogens is 286 g/mol. The first-order valence-electron chi connectivity index (χ1n) is 7.77. The van der Waals surface area contributed by atoms with Crippen molar-refractivity contribution in [1.29, 1.82) is 0 Å². The second-order valence-corrected chi connectivity index (χ2v) is 12.8. The Bertz CT molecular complexity index is 774. The van der Waals surface area contributed by atoms with Gasteiger partial charge in [0, 0.05) is 0 Å². The highest BCUT2D eigenvalue weighted by molar-refractivity contribution is 6.78. The number of fused-ring (bicyclic) bond motifs is 1. The van der Waals surface area contributed by atoms with E-state index in [9.17, 15) is 0 Å². The largest absolute Gasteiger partial charge is 0.242 e. The van der Waals surface area contributed by atoms with Crippen LogP contribution in [0.15, 0.2) is 54.6 Å². The Kier molecular flexibility index (Phi) is 3.65. The molecule has 114 valence electrons. The van der Waals surface area contributed by atoms with Crippen molar-refractivity contribution in [2.24, 2.45) is 0 Å². The molecule has 0 aliphatic rings. The Labute approximate surface area is 133 Å². The zero-order valence-electron chi connectivity index (χ0n) is 13.7. The fourth-order valence-corrected chi connectivity index (χ4v) is 4.42. The van der Waals surface area contributed by atoms with Crippen molar-refractivity contribution >= 4 is 19.1 Å². The molecule has 4 heteroatoms. The molecule has 0 spiro atoms. The minimum absolute atomic E-state index is 0.0234. The third-order valence-corrected chi connectivity index (χ3v) is 8.45. The van der Waals surface area contributed by atoms with Crippen molar-refractivity contribution in [1.82, 2.24) is 15.0 Å². The van der Waals surface area contributed by atoms with Gasteiger partial charge in [-0.25, -0.2) is 4.68 Å². The molecule has 2 aromatic carbocycles. The molecule has 0 saturated heterocycles. The number of aromatic nitrogens is 3. The molecule has 0 radical (unpaired) electrons. The second kappa shape index (κ2) is 5.36. The van der Waals surface area contributed by atoms with Gasteiger partial charge < -0.3 is 0 Å². The summed E-state index contributed by atoms with van der Waals surface area (Å²) in [6, 6.07) is 18.9. The monoisotopic (exact) mass is 309 g/mol. The summed E-state index contributed by atoms with van der Waals surface area (Å²) in [5.74, 6) is 0. The van der Waals surface area contributed by atoms with Crippen LogP contribution in [0.2, 0.25) is 19.6 Å². The predicted octanol–water partition coefficient (Wildman–Crippen LogP) is 4.27. The summed E-state index contributed by atoms with van der Waals surface area (Å²) in [5.41, 5.74) is 3.45. The second-order valence-electron chi connectivity index (χ2n) is 7.18. The highest BCUT2D eigenvalue weighted by atomic mass is 28.3. The fourth-order valence-electron chi connectivity index (χ4n) is 2.88. The molecule has 3 nitrogen and oxygen atoms in total. The summed E-state index contributed by atoms with van der Waals surface area (Å²) >= 11 is 0. The van der Waals surface area contributed by atoms with Gasteiger partial charge in [-0.05, 0) is 31.0 Å². The van der Waals surface area contributed by atoms with Crippen LogP contribution >= 0.6 is 0 Å². The zero-order valence-corrected chi connectivity index (χ0v) is 14.7. The quantitative estimate of drug-likeness (QED) is 0.674. The molecule has 0 fully saturated rings. The average molecular weight is 309 g/mol. The van der Waals surface area contributed by atoms with Gasteiger partial charge in [0.15, 0.2) is 0 Å². The van der Waals surface area contributed by atoms with E-state index < -0.39 is 8.07 Å². The van der Waals surface area contributed by atoms with Gasteiger partial charge in [-0.2, -0.15) is 0 Å². The van der Waals surface area contributed by atoms with E-state index in [2.05, 4.69) is 84.0 Å². The van der Waals surface area contributed by atoms with Crippen molar-refractivity contribution in [2.75, 3.05) is 0 Å². The van der Waals surface area contributed by atoms with Gasteiger partial charge in [-0.15, -0.1) is 5.10 Å². The summed E-state index contributed by atoms with van der Waals surface area (Å²) in [7, 11) is -1.55. The highest BCUT2D eigenvalue weighted by Crippen LogP contribution is 2.34. The van der Waals surface area contributed by atoms with E-state index in [4.69, 9.17) is 0 Å². The lowest BCUT2D eigenvalue weighted by Gasteiger charge is -2.41. The van der Waals surface area contributed by atoms with E-state index >= 15 is 0 Å². The van der Waals surface area contributed by atoms with Crippen LogP contribution in [0.3, 0.4) is 0 Å². The molecule has 1 aromatic heterocycles. The number of nitrogens with zero attached hydrogens (tertiary/aromatic N) is 3. The number of hydrogen-bond acceptors (Lipinski definition) is 2. The third kappa shape index (κ3) is 2.48. The third-order valence-electron chi connectivity index (χ3n) is 4.83. The maximum atomic E-state index is 4.53. The molecule has 1 atom stereocenters. The van der Waals surface area contributed by atoms with Crippen molar-refractivity contribution in [3.8, 4) is 0 Å². The minimum Gasteiger partial charge on any atom is -0.242 e. The summed E-state index contributed by atoms with van der Waals surface area (Å²) < 4.78 is 2.17. The van der Waals surface area contributed by atoms with E-state index in [1.807, 2.05) is 12.1 Å². The lowest BCUT2D eigenvalue weighted by molar-refractivity contribution is 0.402. The zero-order chi connectivity index (χ0) is 15.8. The molecule has 0 aliphatic carbocycles. The molecule has 0 saturated carbocycles. The highest BCUT2D eigenvalue weighted by Gasteiger charge is 2.42. The van der Waals surface area contributed by atoms with Crippen molar-refractivity contribution in [2.45, 2.75) is 38.1 Å². The van der Waals surface area contributed by atoms with Crippen LogP contribution in [0.4, 0.5) is 0 Å². The Morgan fingerprint density at radius 3 is 2.27 bits per heavy atom. The first-order valence-corrected chi connectivity index (χ1v) is 11.3. The standard InChI is InChI=1S/C18H23N3Si/c1-18(22(2,3)4,14-15-10-6-5-7-11-15)21-17-13-9-8-12-16(17)19-20-21/h5-13H,14H2,1-4H3. The topological polar surface area (TPSA) is 30.7 Å². The molecule has 22 heavy (non-hydrogen) atoms. The van der Waals surface area contributed by atoms with E-state index in [-0.39, 0.29) is 5.16 Å². The molecule has 1 unspecified atom stereocenters. The van der Waals surface area contributed by atoms with Crippen molar-refractivity contribution in [3.63, 3.8) is 0 Å². The SMILES string of the molecule is CC(Cc1ccccc1)(n1nnc2ccccc21)[Si](C)(C)C. The van der Waals surface area contributed by atoms with Gasteiger partial charge in [-0.3, -0.25) is 0 Å². The smallest absolute Gasteiger partial charge is 0.113 e. The van der Waals surface area contributed by atoms with Gasteiger partial charge in [-0.1, -0.05) is 67.3 Å². The van der Waals surface area contributed by atoms with Gasteiger partial charge in [0.2, 0.25) is 0 Å². The molecule has 0 bridgehead atoms. The van der Waals surface area contributed by atoms with Gasteiger partial charge in [0.05, 0.1) is 18.8 Å². The molecule has 3 aromatic rings.